The molecule has 0 fully saturated rings. The minimum Gasteiger partial charge on any atom is -0.395 e. The van der Waals surface area contributed by atoms with Gasteiger partial charge in [0.05, 0.1) is 17.9 Å². The molecule has 2 heterocycles. The van der Waals surface area contributed by atoms with E-state index in [9.17, 15) is 13.2 Å². The lowest BCUT2D eigenvalue weighted by molar-refractivity contribution is -0.138. The summed E-state index contributed by atoms with van der Waals surface area (Å²) in [5.74, 6) is 0.539. The summed E-state index contributed by atoms with van der Waals surface area (Å²) >= 11 is 2.92. The molecular weight excluding hydrogens is 439 g/mol. The summed E-state index contributed by atoms with van der Waals surface area (Å²) in [5, 5.41) is 14.7. The van der Waals surface area contributed by atoms with Gasteiger partial charge in [0.2, 0.25) is 5.95 Å². The number of benzene rings is 1. The molecule has 3 N–H and O–H groups in total. The molecular formula is C18H15BrF3N5O. The lowest BCUT2D eigenvalue weighted by Gasteiger charge is -2.14. The summed E-state index contributed by atoms with van der Waals surface area (Å²) in [4.78, 5) is 12.6. The summed E-state index contributed by atoms with van der Waals surface area (Å²) < 4.78 is 39.4. The highest BCUT2D eigenvalue weighted by Gasteiger charge is 2.33. The number of rotatable bonds is 6. The fourth-order valence-electron chi connectivity index (χ4n) is 2.40. The van der Waals surface area contributed by atoms with Gasteiger partial charge in [0.15, 0.2) is 0 Å². The topological polar surface area (TPSA) is 83.0 Å². The number of pyridine rings is 1. The van der Waals surface area contributed by atoms with Crippen LogP contribution in [0.15, 0.2) is 53.3 Å². The van der Waals surface area contributed by atoms with Crippen molar-refractivity contribution in [3.63, 3.8) is 0 Å². The van der Waals surface area contributed by atoms with Crippen molar-refractivity contribution in [1.82, 2.24) is 15.0 Å². The number of anilines is 3. The number of aliphatic hydroxyl groups excluding tert-OH is 1. The Labute approximate surface area is 167 Å². The molecule has 28 heavy (non-hydrogen) atoms. The van der Waals surface area contributed by atoms with E-state index in [2.05, 4.69) is 41.5 Å². The van der Waals surface area contributed by atoms with Gasteiger partial charge in [-0.05, 0) is 30.3 Å². The average Bonchev–Trinajstić information content (AvgIpc) is 2.67. The molecule has 0 radical (unpaired) electrons. The maximum atomic E-state index is 13.1. The molecule has 0 bridgehead atoms. The smallest absolute Gasteiger partial charge is 0.395 e. The Morgan fingerprint density at radius 2 is 1.79 bits per heavy atom. The molecule has 0 amide bonds. The van der Waals surface area contributed by atoms with Crippen LogP contribution < -0.4 is 10.6 Å². The number of alkyl halides is 3. The van der Waals surface area contributed by atoms with E-state index in [0.717, 1.165) is 11.6 Å². The zero-order chi connectivity index (χ0) is 20.1. The van der Waals surface area contributed by atoms with Gasteiger partial charge in [0.1, 0.15) is 5.82 Å². The third-order valence-corrected chi connectivity index (χ3v) is 4.33. The number of aliphatic hydroxyl groups is 1. The van der Waals surface area contributed by atoms with Gasteiger partial charge in [0.25, 0.3) is 0 Å². The number of hydrogen-bond donors (Lipinski definition) is 3. The first-order valence-corrected chi connectivity index (χ1v) is 8.94. The Kier molecular flexibility index (Phi) is 6.10. The third kappa shape index (κ3) is 4.96. The van der Waals surface area contributed by atoms with Gasteiger partial charge in [-0.3, -0.25) is 4.98 Å². The van der Waals surface area contributed by atoms with E-state index >= 15 is 0 Å². The van der Waals surface area contributed by atoms with Crippen LogP contribution in [0.2, 0.25) is 0 Å². The van der Waals surface area contributed by atoms with Gasteiger partial charge < -0.3 is 15.7 Å². The van der Waals surface area contributed by atoms with Crippen molar-refractivity contribution in [1.29, 1.82) is 0 Å². The monoisotopic (exact) mass is 453 g/mol. The molecule has 0 aliphatic rings. The van der Waals surface area contributed by atoms with Crippen molar-refractivity contribution < 1.29 is 18.3 Å². The molecule has 0 spiro atoms. The zero-order valence-corrected chi connectivity index (χ0v) is 15.9. The lowest BCUT2D eigenvalue weighted by Crippen LogP contribution is -2.10. The number of hydrogen-bond acceptors (Lipinski definition) is 6. The van der Waals surface area contributed by atoms with Crippen LogP contribution in [0.5, 0.6) is 0 Å². The zero-order valence-electron chi connectivity index (χ0n) is 14.3. The quantitative estimate of drug-likeness (QED) is 0.510. The molecule has 0 saturated carbocycles. The van der Waals surface area contributed by atoms with Gasteiger partial charge in [0, 0.05) is 40.7 Å². The summed E-state index contributed by atoms with van der Waals surface area (Å²) in [6.07, 6.45) is -1.27. The van der Waals surface area contributed by atoms with Crippen molar-refractivity contribution in [2.45, 2.75) is 6.18 Å². The molecule has 2 aromatic heterocycles. The molecule has 146 valence electrons. The van der Waals surface area contributed by atoms with Crippen molar-refractivity contribution in [3.05, 3.63) is 58.8 Å². The van der Waals surface area contributed by atoms with Gasteiger partial charge in [-0.15, -0.1) is 0 Å². The van der Waals surface area contributed by atoms with Crippen LogP contribution in [0.4, 0.5) is 30.6 Å². The number of nitrogens with zero attached hydrogens (tertiary/aromatic N) is 3. The molecule has 3 aromatic rings. The first kappa shape index (κ1) is 20.0. The van der Waals surface area contributed by atoms with Crippen molar-refractivity contribution >= 4 is 33.4 Å². The maximum Gasteiger partial charge on any atom is 0.417 e. The second-order valence-corrected chi connectivity index (χ2v) is 6.52. The molecule has 1 aromatic carbocycles. The molecule has 0 atom stereocenters. The Bertz CT molecular complexity index is 954. The number of nitrogens with one attached hydrogen (secondary N) is 2. The summed E-state index contributed by atoms with van der Waals surface area (Å²) in [6, 6.07) is 8.95. The van der Waals surface area contributed by atoms with E-state index < -0.39 is 11.7 Å². The predicted octanol–water partition coefficient (Wildman–Crippen LogP) is 4.47. The minimum atomic E-state index is -4.49. The fourth-order valence-corrected chi connectivity index (χ4v) is 2.87. The van der Waals surface area contributed by atoms with Gasteiger partial charge in [-0.2, -0.15) is 18.2 Å². The molecule has 10 heteroatoms. The average molecular weight is 454 g/mol. The van der Waals surface area contributed by atoms with E-state index in [0.29, 0.717) is 11.5 Å². The van der Waals surface area contributed by atoms with Crippen molar-refractivity contribution in [3.8, 4) is 11.3 Å². The fraction of sp³-hybridized carbons (Fsp3) is 0.167. The summed E-state index contributed by atoms with van der Waals surface area (Å²) in [7, 11) is 0. The standard InChI is InChI=1S/C18H15BrF3N5O/c19-14-2-1-12(9-13(14)18(20,21)22)25-16-10-15(11-3-5-23-6-4-11)26-17(27-16)24-7-8-28/h1-6,9-10,28H,7-8H2,(H2,24,25,26,27). The highest BCUT2D eigenvalue weighted by molar-refractivity contribution is 9.10. The van der Waals surface area contributed by atoms with E-state index in [4.69, 9.17) is 5.11 Å². The van der Waals surface area contributed by atoms with Gasteiger partial charge in [-0.25, -0.2) is 4.98 Å². The minimum absolute atomic E-state index is 0.0454. The van der Waals surface area contributed by atoms with E-state index in [1.807, 2.05) is 0 Å². The molecule has 0 unspecified atom stereocenters. The van der Waals surface area contributed by atoms with Crippen molar-refractivity contribution in [2.75, 3.05) is 23.8 Å². The highest BCUT2D eigenvalue weighted by atomic mass is 79.9. The van der Waals surface area contributed by atoms with Crippen LogP contribution in [0, 0.1) is 0 Å². The normalized spacial score (nSPS) is 11.3. The van der Waals surface area contributed by atoms with Gasteiger partial charge >= 0.3 is 6.18 Å². The summed E-state index contributed by atoms with van der Waals surface area (Å²) in [5.41, 5.74) is 0.746. The van der Waals surface area contributed by atoms with E-state index in [1.54, 1.807) is 30.6 Å². The van der Waals surface area contributed by atoms with Crippen LogP contribution in [0.25, 0.3) is 11.3 Å². The molecule has 3 rings (SSSR count). The number of halogens is 4. The van der Waals surface area contributed by atoms with Crippen LogP contribution in [-0.4, -0.2) is 33.2 Å². The number of aromatic nitrogens is 3. The van der Waals surface area contributed by atoms with Crippen LogP contribution >= 0.6 is 15.9 Å². The predicted molar refractivity (Wildman–Crippen MR) is 103 cm³/mol. The SMILES string of the molecule is OCCNc1nc(Nc2ccc(Br)c(C(F)(F)F)c2)cc(-c2ccncc2)n1. The Morgan fingerprint density at radius 3 is 2.46 bits per heavy atom. The first-order valence-electron chi connectivity index (χ1n) is 8.15. The summed E-state index contributed by atoms with van der Waals surface area (Å²) in [6.45, 7) is 0.114. The lowest BCUT2D eigenvalue weighted by atomic mass is 10.2. The maximum absolute atomic E-state index is 13.1. The van der Waals surface area contributed by atoms with Gasteiger partial charge in [-0.1, -0.05) is 15.9 Å². The second-order valence-electron chi connectivity index (χ2n) is 5.67. The third-order valence-electron chi connectivity index (χ3n) is 3.64. The molecule has 0 saturated heterocycles. The Hall–Kier alpha value is -2.72. The molecule has 0 aliphatic heterocycles. The van der Waals surface area contributed by atoms with Crippen LogP contribution in [0.3, 0.4) is 0 Å². The van der Waals surface area contributed by atoms with Crippen molar-refractivity contribution in [2.24, 2.45) is 0 Å². The second kappa shape index (κ2) is 8.53. The molecule has 0 aliphatic carbocycles. The first-order chi connectivity index (χ1) is 13.4. The highest BCUT2D eigenvalue weighted by Crippen LogP contribution is 2.37. The largest absolute Gasteiger partial charge is 0.417 e. The Morgan fingerprint density at radius 1 is 1.04 bits per heavy atom. The van der Waals surface area contributed by atoms with E-state index in [1.165, 1.54) is 12.1 Å². The Balaban J connectivity index is 1.97. The van der Waals surface area contributed by atoms with E-state index in [-0.39, 0.29) is 29.3 Å². The van der Waals surface area contributed by atoms with Crippen LogP contribution in [0.1, 0.15) is 5.56 Å². The van der Waals surface area contributed by atoms with Crippen LogP contribution in [-0.2, 0) is 6.18 Å². The molecule has 6 nitrogen and oxygen atoms in total.